The molecule has 3 rings (SSSR count). The Morgan fingerprint density at radius 1 is 0.925 bits per heavy atom. The molecule has 2 amide bonds. The van der Waals surface area contributed by atoms with E-state index < -0.39 is 28.5 Å². The predicted octanol–water partition coefficient (Wildman–Crippen LogP) is 4.15. The van der Waals surface area contributed by atoms with Gasteiger partial charge in [0.25, 0.3) is 10.0 Å². The molecule has 0 aliphatic carbocycles. The highest BCUT2D eigenvalue weighted by Gasteiger charge is 2.33. The molecule has 0 fully saturated rings. The largest absolute Gasteiger partial charge is 0.497 e. The number of methoxy groups -OCH3 is 2. The number of benzene rings is 3. The molecular formula is C30H37N3O6S. The number of carbonyl (C=O) groups is 2. The number of ether oxygens (including phenoxy) is 2. The summed E-state index contributed by atoms with van der Waals surface area (Å²) in [6, 6.07) is 19.3. The van der Waals surface area contributed by atoms with Crippen molar-refractivity contribution in [3.05, 3.63) is 83.9 Å². The Morgan fingerprint density at radius 3 is 2.17 bits per heavy atom. The van der Waals surface area contributed by atoms with Gasteiger partial charge in [-0.15, -0.1) is 0 Å². The molecule has 0 unspecified atom stereocenters. The van der Waals surface area contributed by atoms with Crippen molar-refractivity contribution in [3.8, 4) is 11.5 Å². The molecule has 0 spiro atoms. The minimum Gasteiger partial charge on any atom is -0.497 e. The van der Waals surface area contributed by atoms with E-state index in [0.29, 0.717) is 12.3 Å². The molecule has 0 bridgehead atoms. The van der Waals surface area contributed by atoms with Crippen molar-refractivity contribution in [1.29, 1.82) is 0 Å². The Kier molecular flexibility index (Phi) is 10.6. The Morgan fingerprint density at radius 2 is 1.57 bits per heavy atom. The number of anilines is 1. The van der Waals surface area contributed by atoms with Crippen molar-refractivity contribution in [3.63, 3.8) is 0 Å². The molecule has 0 aliphatic heterocycles. The molecule has 0 saturated heterocycles. The fraction of sp³-hybridized carbons (Fsp3) is 0.333. The van der Waals surface area contributed by atoms with Crippen LogP contribution in [-0.4, -0.2) is 58.5 Å². The maximum atomic E-state index is 14.0. The molecule has 3 aromatic rings. The van der Waals surface area contributed by atoms with Gasteiger partial charge >= 0.3 is 0 Å². The van der Waals surface area contributed by atoms with Crippen molar-refractivity contribution in [1.82, 2.24) is 10.2 Å². The summed E-state index contributed by atoms with van der Waals surface area (Å²) in [6.07, 6.45) is 0.742. The Labute approximate surface area is 236 Å². The van der Waals surface area contributed by atoms with Crippen molar-refractivity contribution >= 4 is 27.5 Å². The standard InChI is InChI=1S/C30H37N3O6S/c1-6-19-31-30(35)23(3)32(20-24-13-11-22(2)12-14-24)29(34)21-33(27-9-7-8-10-28(27)39-5)40(36,37)26-17-15-25(38-4)16-18-26/h7-18,23H,6,19-21H2,1-5H3,(H,31,35)/t23-/m1/s1. The monoisotopic (exact) mass is 567 g/mol. The van der Waals surface area contributed by atoms with Gasteiger partial charge < -0.3 is 19.7 Å². The van der Waals surface area contributed by atoms with E-state index in [1.807, 2.05) is 38.1 Å². The summed E-state index contributed by atoms with van der Waals surface area (Å²) >= 11 is 0. The van der Waals surface area contributed by atoms with Gasteiger partial charge in [0, 0.05) is 13.1 Å². The van der Waals surface area contributed by atoms with Gasteiger partial charge in [-0.05, 0) is 62.2 Å². The third-order valence-corrected chi connectivity index (χ3v) is 8.24. The fourth-order valence-electron chi connectivity index (χ4n) is 4.09. The van der Waals surface area contributed by atoms with Gasteiger partial charge in [0.15, 0.2) is 0 Å². The summed E-state index contributed by atoms with van der Waals surface area (Å²) in [5.74, 6) is -0.0758. The third-order valence-electron chi connectivity index (χ3n) is 6.47. The molecule has 0 radical (unpaired) electrons. The average molecular weight is 568 g/mol. The van der Waals surface area contributed by atoms with Crippen LogP contribution < -0.4 is 19.1 Å². The number of amides is 2. The first-order valence-electron chi connectivity index (χ1n) is 13.0. The number of nitrogens with zero attached hydrogens (tertiary/aromatic N) is 2. The lowest BCUT2D eigenvalue weighted by atomic mass is 10.1. The van der Waals surface area contributed by atoms with Gasteiger partial charge in [-0.25, -0.2) is 8.42 Å². The van der Waals surface area contributed by atoms with Crippen LogP contribution in [0.25, 0.3) is 0 Å². The van der Waals surface area contributed by atoms with Crippen molar-refractivity contribution in [2.75, 3.05) is 31.6 Å². The van der Waals surface area contributed by atoms with Gasteiger partial charge in [0.1, 0.15) is 24.1 Å². The van der Waals surface area contributed by atoms with Crippen LogP contribution in [0.4, 0.5) is 5.69 Å². The maximum absolute atomic E-state index is 14.0. The van der Waals surface area contributed by atoms with E-state index in [1.165, 1.54) is 31.3 Å². The Bertz CT molecular complexity index is 1390. The number of hydrogen-bond donors (Lipinski definition) is 1. The number of hydrogen-bond acceptors (Lipinski definition) is 6. The highest BCUT2D eigenvalue weighted by Crippen LogP contribution is 2.33. The lowest BCUT2D eigenvalue weighted by Crippen LogP contribution is -2.51. The molecule has 1 atom stereocenters. The van der Waals surface area contributed by atoms with Crippen molar-refractivity contribution in [2.45, 2.75) is 44.7 Å². The van der Waals surface area contributed by atoms with Gasteiger partial charge in [-0.3, -0.25) is 13.9 Å². The first-order chi connectivity index (χ1) is 19.1. The summed E-state index contributed by atoms with van der Waals surface area (Å²) in [4.78, 5) is 28.3. The topological polar surface area (TPSA) is 105 Å². The number of sulfonamides is 1. The van der Waals surface area contributed by atoms with Crippen LogP contribution in [0, 0.1) is 6.92 Å². The first kappa shape index (κ1) is 30.5. The third kappa shape index (κ3) is 7.32. The molecule has 9 nitrogen and oxygen atoms in total. The second-order valence-corrected chi connectivity index (χ2v) is 11.2. The maximum Gasteiger partial charge on any atom is 0.264 e. The lowest BCUT2D eigenvalue weighted by molar-refractivity contribution is -0.139. The van der Waals surface area contributed by atoms with Crippen LogP contribution >= 0.6 is 0 Å². The molecule has 0 aromatic heterocycles. The summed E-state index contributed by atoms with van der Waals surface area (Å²) < 4.78 is 39.6. The van der Waals surface area contributed by atoms with Crippen LogP contribution in [0.2, 0.25) is 0 Å². The van der Waals surface area contributed by atoms with Crippen LogP contribution in [0.15, 0.2) is 77.7 Å². The fourth-order valence-corrected chi connectivity index (χ4v) is 5.52. The molecule has 10 heteroatoms. The van der Waals surface area contributed by atoms with Gasteiger partial charge in [-0.1, -0.05) is 48.9 Å². The average Bonchev–Trinajstić information content (AvgIpc) is 2.97. The molecule has 0 heterocycles. The molecule has 40 heavy (non-hydrogen) atoms. The number of para-hydroxylation sites is 2. The molecule has 214 valence electrons. The summed E-state index contributed by atoms with van der Waals surface area (Å²) in [7, 11) is -1.31. The zero-order valence-electron chi connectivity index (χ0n) is 23.6. The minimum atomic E-state index is -4.23. The summed E-state index contributed by atoms with van der Waals surface area (Å²) in [5, 5.41) is 2.84. The first-order valence-corrected chi connectivity index (χ1v) is 14.5. The molecule has 3 aromatic carbocycles. The van der Waals surface area contributed by atoms with Crippen LogP contribution in [-0.2, 0) is 26.2 Å². The van der Waals surface area contributed by atoms with E-state index in [4.69, 9.17) is 9.47 Å². The van der Waals surface area contributed by atoms with Crippen molar-refractivity contribution in [2.24, 2.45) is 0 Å². The highest BCUT2D eigenvalue weighted by atomic mass is 32.2. The highest BCUT2D eigenvalue weighted by molar-refractivity contribution is 7.92. The molecular weight excluding hydrogens is 530 g/mol. The zero-order valence-corrected chi connectivity index (χ0v) is 24.4. The van der Waals surface area contributed by atoms with Crippen molar-refractivity contribution < 1.29 is 27.5 Å². The van der Waals surface area contributed by atoms with Crippen LogP contribution in [0.3, 0.4) is 0 Å². The Hall–Kier alpha value is -4.05. The smallest absolute Gasteiger partial charge is 0.264 e. The number of nitrogens with one attached hydrogen (secondary N) is 1. The van der Waals surface area contributed by atoms with Gasteiger partial charge in [0.05, 0.1) is 24.8 Å². The second-order valence-electron chi connectivity index (χ2n) is 9.33. The SMILES string of the molecule is CCCNC(=O)[C@@H](C)N(Cc1ccc(C)cc1)C(=O)CN(c1ccccc1OC)S(=O)(=O)c1ccc(OC)cc1. The molecule has 1 N–H and O–H groups in total. The van der Waals surface area contributed by atoms with E-state index >= 15 is 0 Å². The molecule has 0 aliphatic rings. The lowest BCUT2D eigenvalue weighted by Gasteiger charge is -2.32. The quantitative estimate of drug-likeness (QED) is 0.333. The number of aryl methyl sites for hydroxylation is 1. The normalized spacial score (nSPS) is 11.8. The molecule has 0 saturated carbocycles. The van der Waals surface area contributed by atoms with E-state index in [-0.39, 0.29) is 28.8 Å². The van der Waals surface area contributed by atoms with E-state index in [2.05, 4.69) is 5.32 Å². The zero-order chi connectivity index (χ0) is 29.3. The van der Waals surface area contributed by atoms with E-state index in [1.54, 1.807) is 43.3 Å². The van der Waals surface area contributed by atoms with E-state index in [0.717, 1.165) is 21.9 Å². The van der Waals surface area contributed by atoms with Crippen LogP contribution in [0.1, 0.15) is 31.4 Å². The Balaban J connectivity index is 2.05. The van der Waals surface area contributed by atoms with Gasteiger partial charge in [-0.2, -0.15) is 0 Å². The predicted molar refractivity (Wildman–Crippen MR) is 155 cm³/mol. The van der Waals surface area contributed by atoms with Gasteiger partial charge in [0.2, 0.25) is 11.8 Å². The summed E-state index contributed by atoms with van der Waals surface area (Å²) in [6.45, 7) is 5.59. The van der Waals surface area contributed by atoms with Crippen LogP contribution in [0.5, 0.6) is 11.5 Å². The number of carbonyl (C=O) groups excluding carboxylic acids is 2. The minimum absolute atomic E-state index is 0.0224. The van der Waals surface area contributed by atoms with E-state index in [9.17, 15) is 18.0 Å². The number of rotatable bonds is 13. The second kappa shape index (κ2) is 13.8. The summed E-state index contributed by atoms with van der Waals surface area (Å²) in [5.41, 5.74) is 2.08.